The lowest BCUT2D eigenvalue weighted by Crippen LogP contribution is -1.85. The second-order valence-corrected chi connectivity index (χ2v) is 4.71. The largest absolute Gasteiger partial charge is 0.834 e. The van der Waals surface area contributed by atoms with E-state index in [0.717, 1.165) is 10.8 Å². The first-order valence-electron chi connectivity index (χ1n) is 9.17. The number of methoxy groups -OCH3 is 2. The number of benzene rings is 3. The van der Waals surface area contributed by atoms with Gasteiger partial charge >= 0.3 is 0 Å². The number of hydrogen-bond donors (Lipinski definition) is 0. The summed E-state index contributed by atoms with van der Waals surface area (Å²) in [7, 11) is 4.42. The van der Waals surface area contributed by atoms with Crippen molar-refractivity contribution < 1.29 is 14.4 Å². The molecule has 0 N–H and O–H groups in total. The van der Waals surface area contributed by atoms with Crippen LogP contribution >= 0.6 is 9.47 Å². The molecule has 0 aliphatic rings. The molecule has 5 nitrogen and oxygen atoms in total. The number of hydrogen-bond acceptors (Lipinski definition) is 5. The lowest BCUT2D eigenvalue weighted by Gasteiger charge is -2.07. The SMILES string of the molecule is CC.CC.COc1ccccc1N=Nc1c(OC)ccc2ccccc12.[O-]P. The van der Waals surface area contributed by atoms with Crippen molar-refractivity contribution in [2.45, 2.75) is 27.7 Å². The van der Waals surface area contributed by atoms with Crippen LogP contribution in [-0.2, 0) is 0 Å². The van der Waals surface area contributed by atoms with Gasteiger partial charge < -0.3 is 14.4 Å². The van der Waals surface area contributed by atoms with Gasteiger partial charge in [-0.05, 0) is 23.6 Å². The van der Waals surface area contributed by atoms with Gasteiger partial charge in [0.15, 0.2) is 0 Å². The van der Waals surface area contributed by atoms with Crippen molar-refractivity contribution in [3.8, 4) is 11.5 Å². The Bertz CT molecular complexity index is 839. The van der Waals surface area contributed by atoms with E-state index in [-0.39, 0.29) is 0 Å². The molecule has 1 atom stereocenters. The molecule has 28 heavy (non-hydrogen) atoms. The number of nitrogens with zero attached hydrogens (tertiary/aromatic N) is 2. The molecule has 3 aromatic rings. The Hall–Kier alpha value is -2.49. The average molecular weight is 401 g/mol. The zero-order valence-electron chi connectivity index (χ0n) is 17.5. The van der Waals surface area contributed by atoms with Crippen molar-refractivity contribution in [2.75, 3.05) is 14.2 Å². The van der Waals surface area contributed by atoms with Crippen molar-refractivity contribution in [3.05, 3.63) is 60.7 Å². The van der Waals surface area contributed by atoms with Crippen LogP contribution in [0, 0.1) is 0 Å². The Balaban J connectivity index is 0.00000111. The van der Waals surface area contributed by atoms with Crippen molar-refractivity contribution >= 4 is 31.6 Å². The highest BCUT2D eigenvalue weighted by Crippen LogP contribution is 2.37. The fourth-order valence-corrected chi connectivity index (χ4v) is 2.32. The summed E-state index contributed by atoms with van der Waals surface area (Å²) in [6, 6.07) is 19.4. The average Bonchev–Trinajstić information content (AvgIpc) is 2.81. The molecule has 0 bridgehead atoms. The third kappa shape index (κ3) is 6.91. The molecule has 0 aliphatic carbocycles. The van der Waals surface area contributed by atoms with Gasteiger partial charge in [-0.25, -0.2) is 9.47 Å². The van der Waals surface area contributed by atoms with Crippen LogP contribution in [0.2, 0.25) is 0 Å². The molecular formula is C22H30N2O3P-. The van der Waals surface area contributed by atoms with Crippen LogP contribution in [-0.4, -0.2) is 14.2 Å². The molecule has 3 aromatic carbocycles. The van der Waals surface area contributed by atoms with Gasteiger partial charge in [-0.15, -0.1) is 10.2 Å². The molecule has 3 rings (SSSR count). The number of azo groups is 1. The lowest BCUT2D eigenvalue weighted by molar-refractivity contribution is -0.142. The molecule has 0 saturated heterocycles. The van der Waals surface area contributed by atoms with Crippen LogP contribution in [0.5, 0.6) is 11.5 Å². The van der Waals surface area contributed by atoms with Crippen LogP contribution in [0.1, 0.15) is 27.7 Å². The molecule has 0 saturated carbocycles. The van der Waals surface area contributed by atoms with Crippen LogP contribution in [0.15, 0.2) is 70.9 Å². The number of rotatable bonds is 4. The maximum absolute atomic E-state index is 8.17. The summed E-state index contributed by atoms with van der Waals surface area (Å²) in [4.78, 5) is 8.17. The molecule has 6 heteroatoms. The normalized spacial score (nSPS) is 9.29. The maximum Gasteiger partial charge on any atom is 0.147 e. The Labute approximate surface area is 170 Å². The second kappa shape index (κ2) is 15.6. The lowest BCUT2D eigenvalue weighted by atomic mass is 10.1. The highest BCUT2D eigenvalue weighted by atomic mass is 31.0. The van der Waals surface area contributed by atoms with E-state index in [9.17, 15) is 0 Å². The monoisotopic (exact) mass is 401 g/mol. The van der Waals surface area contributed by atoms with Crippen molar-refractivity contribution in [2.24, 2.45) is 10.2 Å². The van der Waals surface area contributed by atoms with Gasteiger partial charge in [0.2, 0.25) is 0 Å². The summed E-state index contributed by atoms with van der Waals surface area (Å²) in [5.41, 5.74) is 1.39. The quantitative estimate of drug-likeness (QED) is 0.372. The predicted octanol–water partition coefficient (Wildman–Crippen LogP) is 6.46. The Morgan fingerprint density at radius 1 is 0.679 bits per heavy atom. The van der Waals surface area contributed by atoms with Crippen molar-refractivity contribution in [3.63, 3.8) is 0 Å². The first-order valence-corrected chi connectivity index (χ1v) is 9.64. The van der Waals surface area contributed by atoms with Crippen molar-refractivity contribution in [1.82, 2.24) is 0 Å². The summed E-state index contributed by atoms with van der Waals surface area (Å²) >= 11 is 0. The van der Waals surface area contributed by atoms with E-state index in [1.54, 1.807) is 14.2 Å². The van der Waals surface area contributed by atoms with Gasteiger partial charge in [0.05, 0.1) is 14.2 Å². The molecule has 0 fully saturated rings. The molecular weight excluding hydrogens is 371 g/mol. The second-order valence-electron chi connectivity index (χ2n) is 4.71. The van der Waals surface area contributed by atoms with Gasteiger partial charge in [-0.2, -0.15) is 0 Å². The number of ether oxygens (including phenoxy) is 2. The van der Waals surface area contributed by atoms with E-state index in [2.05, 4.69) is 10.2 Å². The minimum atomic E-state index is 0.681. The zero-order valence-corrected chi connectivity index (χ0v) is 18.6. The van der Waals surface area contributed by atoms with Gasteiger partial charge in [0.25, 0.3) is 0 Å². The van der Waals surface area contributed by atoms with E-state index in [4.69, 9.17) is 14.4 Å². The molecule has 0 heterocycles. The van der Waals surface area contributed by atoms with Gasteiger partial charge in [-0.1, -0.05) is 70.2 Å². The highest BCUT2D eigenvalue weighted by molar-refractivity contribution is 7.06. The van der Waals surface area contributed by atoms with Crippen LogP contribution in [0.3, 0.4) is 0 Å². The van der Waals surface area contributed by atoms with E-state index < -0.39 is 0 Å². The van der Waals surface area contributed by atoms with Gasteiger partial charge in [-0.3, -0.25) is 0 Å². The maximum atomic E-state index is 8.17. The minimum Gasteiger partial charge on any atom is -0.834 e. The molecule has 0 aromatic heterocycles. The first-order chi connectivity index (χ1) is 13.8. The molecule has 0 spiro atoms. The van der Waals surface area contributed by atoms with Gasteiger partial charge in [0, 0.05) is 5.39 Å². The summed E-state index contributed by atoms with van der Waals surface area (Å²) < 4.78 is 10.7. The summed E-state index contributed by atoms with van der Waals surface area (Å²) in [6.07, 6.45) is 0. The van der Waals surface area contributed by atoms with Crippen molar-refractivity contribution in [1.29, 1.82) is 0 Å². The Morgan fingerprint density at radius 2 is 1.25 bits per heavy atom. The molecule has 0 aliphatic heterocycles. The molecule has 0 radical (unpaired) electrons. The standard InChI is InChI=1S/C18H16N2O2.2C2H6.H2OP/c1-21-16-10-6-5-9-15(16)19-20-18-14-8-4-3-7-13(14)11-12-17(18)22-2;3*1-2/h3-12H,1-2H3;2*1-2H3;2H2/q;;;-1. The van der Waals surface area contributed by atoms with E-state index in [1.165, 1.54) is 9.47 Å². The zero-order chi connectivity index (χ0) is 21.4. The fraction of sp³-hybridized carbons (Fsp3) is 0.273. The Kier molecular flexibility index (Phi) is 14.2. The number of para-hydroxylation sites is 1. The van der Waals surface area contributed by atoms with E-state index >= 15 is 0 Å². The third-order valence-electron chi connectivity index (χ3n) is 3.43. The smallest absolute Gasteiger partial charge is 0.147 e. The van der Waals surface area contributed by atoms with E-state index in [0.29, 0.717) is 22.9 Å². The molecule has 0 amide bonds. The third-order valence-corrected chi connectivity index (χ3v) is 3.43. The minimum absolute atomic E-state index is 0.681. The van der Waals surface area contributed by atoms with Gasteiger partial charge in [0.1, 0.15) is 22.9 Å². The summed E-state index contributed by atoms with van der Waals surface area (Å²) in [5, 5.41) is 10.8. The molecule has 152 valence electrons. The fourth-order valence-electron chi connectivity index (χ4n) is 2.32. The predicted molar refractivity (Wildman–Crippen MR) is 120 cm³/mol. The Morgan fingerprint density at radius 3 is 1.89 bits per heavy atom. The summed E-state index contributed by atoms with van der Waals surface area (Å²) in [5.74, 6) is 1.38. The summed E-state index contributed by atoms with van der Waals surface area (Å²) in [6.45, 7) is 8.00. The van der Waals surface area contributed by atoms with E-state index in [1.807, 2.05) is 88.4 Å². The van der Waals surface area contributed by atoms with Crippen LogP contribution < -0.4 is 14.4 Å². The van der Waals surface area contributed by atoms with Crippen LogP contribution in [0.25, 0.3) is 10.8 Å². The number of fused-ring (bicyclic) bond motifs is 1. The topological polar surface area (TPSA) is 66.2 Å². The highest BCUT2D eigenvalue weighted by Gasteiger charge is 2.08. The first kappa shape index (κ1) is 25.5. The molecule has 1 unspecified atom stereocenters. The van der Waals surface area contributed by atoms with Crippen LogP contribution in [0.4, 0.5) is 11.4 Å².